The average molecular weight is 329 g/mol. The number of nitrogens with one attached hydrogen (secondary N) is 2. The number of hydrogen-bond donors (Lipinski definition) is 2. The van der Waals surface area contributed by atoms with Gasteiger partial charge in [0.1, 0.15) is 6.04 Å². The molecule has 2 amide bonds. The third-order valence-corrected chi connectivity index (χ3v) is 3.73. The SMILES string of the molecule is O=C(CSC(=O)N[C@H]1CCOC1=O)Nc1ccc(Cl)cc1. The lowest BCUT2D eigenvalue weighted by molar-refractivity contribution is -0.139. The van der Waals surface area contributed by atoms with Crippen molar-refractivity contribution in [2.45, 2.75) is 12.5 Å². The van der Waals surface area contributed by atoms with E-state index in [4.69, 9.17) is 16.3 Å². The van der Waals surface area contributed by atoms with Gasteiger partial charge in [-0.05, 0) is 24.3 Å². The van der Waals surface area contributed by atoms with Crippen molar-refractivity contribution >= 4 is 46.2 Å². The van der Waals surface area contributed by atoms with E-state index >= 15 is 0 Å². The van der Waals surface area contributed by atoms with Crippen LogP contribution in [0.1, 0.15) is 6.42 Å². The number of esters is 1. The Morgan fingerprint density at radius 3 is 2.67 bits per heavy atom. The van der Waals surface area contributed by atoms with Crippen LogP contribution in [-0.2, 0) is 14.3 Å². The van der Waals surface area contributed by atoms with Gasteiger partial charge < -0.3 is 15.4 Å². The molecule has 2 rings (SSSR count). The molecule has 21 heavy (non-hydrogen) atoms. The number of rotatable bonds is 4. The molecular weight excluding hydrogens is 316 g/mol. The van der Waals surface area contributed by atoms with Crippen molar-refractivity contribution in [2.24, 2.45) is 0 Å². The molecule has 1 fully saturated rings. The number of thioether (sulfide) groups is 1. The summed E-state index contributed by atoms with van der Waals surface area (Å²) in [5.41, 5.74) is 0.602. The summed E-state index contributed by atoms with van der Waals surface area (Å²) in [6.07, 6.45) is 0.460. The number of cyclic esters (lactones) is 1. The summed E-state index contributed by atoms with van der Waals surface area (Å²) in [4.78, 5) is 34.4. The van der Waals surface area contributed by atoms with Gasteiger partial charge in [-0.2, -0.15) is 0 Å². The van der Waals surface area contributed by atoms with Gasteiger partial charge in [0, 0.05) is 17.1 Å². The number of benzene rings is 1. The van der Waals surface area contributed by atoms with Gasteiger partial charge >= 0.3 is 5.97 Å². The van der Waals surface area contributed by atoms with E-state index in [0.29, 0.717) is 23.7 Å². The molecule has 1 aliphatic heterocycles. The van der Waals surface area contributed by atoms with E-state index in [2.05, 4.69) is 10.6 Å². The van der Waals surface area contributed by atoms with Gasteiger partial charge in [-0.15, -0.1) is 0 Å². The topological polar surface area (TPSA) is 84.5 Å². The lowest BCUT2D eigenvalue weighted by atomic mass is 10.3. The molecule has 1 aliphatic rings. The van der Waals surface area contributed by atoms with Crippen LogP contribution in [0.15, 0.2) is 24.3 Å². The lowest BCUT2D eigenvalue weighted by Crippen LogP contribution is -2.36. The minimum absolute atomic E-state index is 0.0454. The molecule has 1 saturated heterocycles. The Labute approximate surface area is 130 Å². The Hall–Kier alpha value is -1.73. The number of halogens is 1. The summed E-state index contributed by atoms with van der Waals surface area (Å²) in [7, 11) is 0. The number of carbonyl (C=O) groups excluding carboxylic acids is 3. The fourth-order valence-corrected chi connectivity index (χ4v) is 2.36. The maximum absolute atomic E-state index is 11.7. The van der Waals surface area contributed by atoms with Crippen LogP contribution in [0.4, 0.5) is 10.5 Å². The van der Waals surface area contributed by atoms with E-state index in [9.17, 15) is 14.4 Å². The number of carbonyl (C=O) groups is 3. The molecule has 112 valence electrons. The highest BCUT2D eigenvalue weighted by atomic mass is 35.5. The second-order valence-corrected chi connectivity index (χ2v) is 5.67. The first-order valence-electron chi connectivity index (χ1n) is 6.20. The fourth-order valence-electron chi connectivity index (χ4n) is 1.67. The summed E-state index contributed by atoms with van der Waals surface area (Å²) < 4.78 is 4.73. The summed E-state index contributed by atoms with van der Waals surface area (Å²) >= 11 is 6.54. The highest BCUT2D eigenvalue weighted by Crippen LogP contribution is 2.14. The zero-order chi connectivity index (χ0) is 15.2. The molecule has 0 bridgehead atoms. The maximum Gasteiger partial charge on any atom is 0.328 e. The van der Waals surface area contributed by atoms with Crippen LogP contribution in [0.3, 0.4) is 0 Å². The van der Waals surface area contributed by atoms with Gasteiger partial charge in [0.05, 0.1) is 12.4 Å². The molecule has 2 N–H and O–H groups in total. The Morgan fingerprint density at radius 2 is 2.05 bits per heavy atom. The monoisotopic (exact) mass is 328 g/mol. The number of anilines is 1. The quantitative estimate of drug-likeness (QED) is 0.826. The van der Waals surface area contributed by atoms with E-state index in [1.54, 1.807) is 24.3 Å². The molecule has 0 saturated carbocycles. The maximum atomic E-state index is 11.7. The lowest BCUT2D eigenvalue weighted by Gasteiger charge is -2.08. The summed E-state index contributed by atoms with van der Waals surface area (Å²) in [6, 6.07) is 6.04. The largest absolute Gasteiger partial charge is 0.464 e. The molecule has 1 atom stereocenters. The van der Waals surface area contributed by atoms with Gasteiger partial charge in [-0.1, -0.05) is 23.4 Å². The van der Waals surface area contributed by atoms with E-state index in [1.165, 1.54) is 0 Å². The van der Waals surface area contributed by atoms with Crippen LogP contribution in [-0.4, -0.2) is 35.5 Å². The Balaban J connectivity index is 1.72. The molecule has 6 nitrogen and oxygen atoms in total. The molecule has 0 unspecified atom stereocenters. The van der Waals surface area contributed by atoms with Crippen molar-refractivity contribution in [3.05, 3.63) is 29.3 Å². The van der Waals surface area contributed by atoms with E-state index < -0.39 is 17.3 Å². The highest BCUT2D eigenvalue weighted by molar-refractivity contribution is 8.14. The van der Waals surface area contributed by atoms with Crippen LogP contribution < -0.4 is 10.6 Å². The summed E-state index contributed by atoms with van der Waals surface area (Å²) in [5, 5.41) is 5.29. The second-order valence-electron chi connectivity index (χ2n) is 4.28. The summed E-state index contributed by atoms with van der Waals surface area (Å²) in [6.45, 7) is 0.311. The second kappa shape index (κ2) is 7.33. The molecule has 1 aromatic carbocycles. The molecular formula is C13H13ClN2O4S. The number of amides is 2. The smallest absolute Gasteiger partial charge is 0.328 e. The zero-order valence-corrected chi connectivity index (χ0v) is 12.5. The first kappa shape index (κ1) is 15.7. The first-order valence-corrected chi connectivity index (χ1v) is 7.56. The van der Waals surface area contributed by atoms with Crippen LogP contribution in [0.5, 0.6) is 0 Å². The van der Waals surface area contributed by atoms with Crippen molar-refractivity contribution < 1.29 is 19.1 Å². The van der Waals surface area contributed by atoms with Crippen molar-refractivity contribution in [3.8, 4) is 0 Å². The van der Waals surface area contributed by atoms with Crippen LogP contribution in [0.25, 0.3) is 0 Å². The van der Waals surface area contributed by atoms with E-state index in [-0.39, 0.29) is 11.7 Å². The first-order chi connectivity index (χ1) is 10.0. The summed E-state index contributed by atoms with van der Waals surface area (Å²) in [5.74, 6) is -0.794. The molecule has 1 heterocycles. The van der Waals surface area contributed by atoms with Gasteiger partial charge in [0.15, 0.2) is 0 Å². The van der Waals surface area contributed by atoms with Gasteiger partial charge in [0.2, 0.25) is 5.91 Å². The third kappa shape index (κ3) is 4.95. The van der Waals surface area contributed by atoms with Gasteiger partial charge in [-0.3, -0.25) is 9.59 Å². The molecule has 0 aromatic heterocycles. The van der Waals surface area contributed by atoms with Crippen molar-refractivity contribution in [1.29, 1.82) is 0 Å². The molecule has 0 aliphatic carbocycles. The van der Waals surface area contributed by atoms with E-state index in [0.717, 1.165) is 11.8 Å². The zero-order valence-electron chi connectivity index (χ0n) is 10.9. The number of hydrogen-bond acceptors (Lipinski definition) is 5. The normalized spacial score (nSPS) is 17.2. The van der Waals surface area contributed by atoms with Gasteiger partial charge in [0.25, 0.3) is 5.24 Å². The standard InChI is InChI=1S/C13H13ClN2O4S/c14-8-1-3-9(4-2-8)15-11(17)7-21-13(19)16-10-5-6-20-12(10)18/h1-4,10H,5-7H2,(H,15,17)(H,16,19)/t10-/m0/s1. The predicted molar refractivity (Wildman–Crippen MR) is 80.4 cm³/mol. The van der Waals surface area contributed by atoms with E-state index in [1.807, 2.05) is 0 Å². The van der Waals surface area contributed by atoms with Crippen molar-refractivity contribution in [3.63, 3.8) is 0 Å². The van der Waals surface area contributed by atoms with Crippen molar-refractivity contribution in [2.75, 3.05) is 17.7 Å². The Kier molecular flexibility index (Phi) is 5.46. The number of ether oxygens (including phenoxy) is 1. The minimum atomic E-state index is -0.607. The minimum Gasteiger partial charge on any atom is -0.464 e. The van der Waals surface area contributed by atoms with Crippen LogP contribution in [0, 0.1) is 0 Å². The third-order valence-electron chi connectivity index (χ3n) is 2.69. The molecule has 0 spiro atoms. The fraction of sp³-hybridized carbons (Fsp3) is 0.308. The van der Waals surface area contributed by atoms with Crippen LogP contribution >= 0.6 is 23.4 Å². The van der Waals surface area contributed by atoms with Gasteiger partial charge in [-0.25, -0.2) is 4.79 Å². The molecule has 1 aromatic rings. The predicted octanol–water partition coefficient (Wildman–Crippen LogP) is 2.04. The average Bonchev–Trinajstić information content (AvgIpc) is 2.85. The Bertz CT molecular complexity index is 550. The van der Waals surface area contributed by atoms with Crippen LogP contribution in [0.2, 0.25) is 5.02 Å². The molecule has 0 radical (unpaired) electrons. The highest BCUT2D eigenvalue weighted by Gasteiger charge is 2.28. The molecule has 8 heteroatoms. The Morgan fingerprint density at radius 1 is 1.33 bits per heavy atom. The van der Waals surface area contributed by atoms with Crippen molar-refractivity contribution in [1.82, 2.24) is 5.32 Å².